The van der Waals surface area contributed by atoms with E-state index in [-0.39, 0.29) is 24.3 Å². The molecule has 0 bridgehead atoms. The van der Waals surface area contributed by atoms with Crippen LogP contribution in [0.25, 0.3) is 0 Å². The zero-order valence-corrected chi connectivity index (χ0v) is 14.9. The summed E-state index contributed by atoms with van der Waals surface area (Å²) in [6.45, 7) is 5.36. The molecule has 0 aromatic rings. The van der Waals surface area contributed by atoms with Gasteiger partial charge in [-0.05, 0) is 31.6 Å². The van der Waals surface area contributed by atoms with E-state index in [0.29, 0.717) is 25.9 Å². The van der Waals surface area contributed by atoms with E-state index < -0.39 is 6.04 Å². The molecular formula is C18H31N3O3. The Morgan fingerprint density at radius 1 is 1.33 bits per heavy atom. The minimum atomic E-state index is -0.410. The van der Waals surface area contributed by atoms with Crippen LogP contribution in [0.5, 0.6) is 0 Å². The number of unbranched alkanes of at least 4 members (excludes halogenated alkanes) is 3. The van der Waals surface area contributed by atoms with Crippen molar-refractivity contribution in [2.45, 2.75) is 58.4 Å². The Hall–Kier alpha value is -1.85. The van der Waals surface area contributed by atoms with Gasteiger partial charge in [0.1, 0.15) is 6.04 Å². The van der Waals surface area contributed by atoms with E-state index in [4.69, 9.17) is 0 Å². The second kappa shape index (κ2) is 11.6. The van der Waals surface area contributed by atoms with Crippen LogP contribution in [0.1, 0.15) is 52.4 Å². The lowest BCUT2D eigenvalue weighted by molar-refractivity contribution is -0.138. The van der Waals surface area contributed by atoms with E-state index in [9.17, 15) is 14.4 Å². The van der Waals surface area contributed by atoms with Gasteiger partial charge in [0.2, 0.25) is 18.2 Å². The van der Waals surface area contributed by atoms with Crippen LogP contribution in [-0.4, -0.2) is 48.8 Å². The lowest BCUT2D eigenvalue weighted by Crippen LogP contribution is -2.48. The number of amides is 3. The lowest BCUT2D eigenvalue weighted by Gasteiger charge is -2.24. The highest BCUT2D eigenvalue weighted by atomic mass is 16.2. The maximum absolute atomic E-state index is 12.3. The maximum atomic E-state index is 12.3. The Morgan fingerprint density at radius 2 is 2.12 bits per heavy atom. The first-order valence-corrected chi connectivity index (χ1v) is 9.01. The van der Waals surface area contributed by atoms with Crippen molar-refractivity contribution in [1.82, 2.24) is 15.5 Å². The molecule has 6 nitrogen and oxygen atoms in total. The van der Waals surface area contributed by atoms with Crippen molar-refractivity contribution in [2.24, 2.45) is 5.92 Å². The highest BCUT2D eigenvalue weighted by Crippen LogP contribution is 2.17. The van der Waals surface area contributed by atoms with Crippen LogP contribution in [-0.2, 0) is 14.4 Å². The summed E-state index contributed by atoms with van der Waals surface area (Å²) >= 11 is 0. The fourth-order valence-electron chi connectivity index (χ4n) is 2.86. The van der Waals surface area contributed by atoms with Crippen molar-refractivity contribution in [3.05, 3.63) is 12.2 Å². The molecular weight excluding hydrogens is 306 g/mol. The van der Waals surface area contributed by atoms with E-state index >= 15 is 0 Å². The zero-order chi connectivity index (χ0) is 17.8. The molecule has 1 rings (SSSR count). The van der Waals surface area contributed by atoms with E-state index in [1.807, 2.05) is 0 Å². The fraction of sp³-hybridized carbons (Fsp3) is 0.722. The monoisotopic (exact) mass is 337 g/mol. The van der Waals surface area contributed by atoms with Crippen molar-refractivity contribution in [2.75, 3.05) is 19.6 Å². The highest BCUT2D eigenvalue weighted by molar-refractivity contribution is 5.89. The van der Waals surface area contributed by atoms with Crippen LogP contribution in [0.2, 0.25) is 0 Å². The molecule has 6 heteroatoms. The predicted molar refractivity (Wildman–Crippen MR) is 94.3 cm³/mol. The van der Waals surface area contributed by atoms with Gasteiger partial charge in [0, 0.05) is 13.1 Å². The van der Waals surface area contributed by atoms with Crippen LogP contribution in [0.4, 0.5) is 0 Å². The zero-order valence-electron chi connectivity index (χ0n) is 14.9. The fourth-order valence-corrected chi connectivity index (χ4v) is 2.86. The number of nitrogens with one attached hydrogen (secondary N) is 2. The van der Waals surface area contributed by atoms with E-state index in [2.05, 4.69) is 36.6 Å². The molecule has 0 aromatic carbocycles. The summed E-state index contributed by atoms with van der Waals surface area (Å²) in [6, 6.07) is -0.410. The molecule has 3 amide bonds. The van der Waals surface area contributed by atoms with Gasteiger partial charge in [-0.3, -0.25) is 14.4 Å². The van der Waals surface area contributed by atoms with Crippen LogP contribution < -0.4 is 10.6 Å². The van der Waals surface area contributed by atoms with Crippen molar-refractivity contribution in [1.29, 1.82) is 0 Å². The van der Waals surface area contributed by atoms with Crippen molar-refractivity contribution < 1.29 is 14.4 Å². The molecule has 1 aliphatic heterocycles. The Bertz CT molecular complexity index is 437. The summed E-state index contributed by atoms with van der Waals surface area (Å²) in [7, 11) is 0. The SMILES string of the molecule is CCCCC/C=C\C(C)CNC(=O)[C@@H]1CCCN1C(=O)CNC=O. The number of nitrogens with zero attached hydrogens (tertiary/aromatic N) is 1. The molecule has 2 N–H and O–H groups in total. The Balaban J connectivity index is 2.35. The molecule has 0 saturated carbocycles. The summed E-state index contributed by atoms with van der Waals surface area (Å²) in [5.74, 6) is -0.0281. The number of rotatable bonds is 11. The molecule has 1 aliphatic rings. The van der Waals surface area contributed by atoms with Crippen molar-refractivity contribution in [3.63, 3.8) is 0 Å². The minimum Gasteiger partial charge on any atom is -0.354 e. The molecule has 1 fully saturated rings. The smallest absolute Gasteiger partial charge is 0.242 e. The highest BCUT2D eigenvalue weighted by Gasteiger charge is 2.33. The molecule has 136 valence electrons. The minimum absolute atomic E-state index is 0.0514. The van der Waals surface area contributed by atoms with Crippen LogP contribution in [0, 0.1) is 5.92 Å². The molecule has 24 heavy (non-hydrogen) atoms. The van der Waals surface area contributed by atoms with Gasteiger partial charge in [-0.15, -0.1) is 0 Å². The third kappa shape index (κ3) is 7.15. The molecule has 1 heterocycles. The van der Waals surface area contributed by atoms with Gasteiger partial charge in [-0.1, -0.05) is 38.8 Å². The normalized spacial score (nSPS) is 18.6. The van der Waals surface area contributed by atoms with Gasteiger partial charge in [0.25, 0.3) is 0 Å². The van der Waals surface area contributed by atoms with E-state index in [0.717, 1.165) is 12.8 Å². The number of hydrogen-bond donors (Lipinski definition) is 2. The quantitative estimate of drug-likeness (QED) is 0.341. The molecule has 1 saturated heterocycles. The summed E-state index contributed by atoms with van der Waals surface area (Å²) in [5, 5.41) is 5.30. The summed E-state index contributed by atoms with van der Waals surface area (Å²) < 4.78 is 0. The number of likely N-dealkylation sites (tertiary alicyclic amines) is 1. The number of allylic oxidation sites excluding steroid dienone is 1. The van der Waals surface area contributed by atoms with Gasteiger partial charge in [0.15, 0.2) is 0 Å². The van der Waals surface area contributed by atoms with Gasteiger partial charge in [-0.2, -0.15) is 0 Å². The average molecular weight is 337 g/mol. The van der Waals surface area contributed by atoms with E-state index in [1.165, 1.54) is 19.3 Å². The van der Waals surface area contributed by atoms with Crippen LogP contribution >= 0.6 is 0 Å². The first-order chi connectivity index (χ1) is 11.6. The van der Waals surface area contributed by atoms with Crippen molar-refractivity contribution >= 4 is 18.2 Å². The van der Waals surface area contributed by atoms with Crippen molar-refractivity contribution in [3.8, 4) is 0 Å². The maximum Gasteiger partial charge on any atom is 0.242 e. The number of carbonyl (C=O) groups excluding carboxylic acids is 3. The Kier molecular flexibility index (Phi) is 9.80. The Morgan fingerprint density at radius 3 is 2.83 bits per heavy atom. The van der Waals surface area contributed by atoms with Gasteiger partial charge in [0.05, 0.1) is 6.54 Å². The van der Waals surface area contributed by atoms with Crippen LogP contribution in [0.15, 0.2) is 12.2 Å². The first kappa shape index (κ1) is 20.2. The molecule has 2 atom stereocenters. The summed E-state index contributed by atoms with van der Waals surface area (Å²) in [6.07, 6.45) is 11.1. The molecule has 0 aromatic heterocycles. The Labute approximate surface area is 145 Å². The standard InChI is InChI=1S/C18H31N3O3/c1-3-4-5-6-7-9-15(2)12-20-18(24)16-10-8-11-21(16)17(23)13-19-14-22/h7,9,14-16H,3-6,8,10-13H2,1-2H3,(H,19,22)(H,20,24)/b9-7-/t15?,16-/m0/s1. The average Bonchev–Trinajstić information content (AvgIpc) is 3.07. The number of hydrogen-bond acceptors (Lipinski definition) is 3. The first-order valence-electron chi connectivity index (χ1n) is 9.01. The van der Waals surface area contributed by atoms with Gasteiger partial charge in [-0.25, -0.2) is 0 Å². The largest absolute Gasteiger partial charge is 0.354 e. The molecule has 0 aliphatic carbocycles. The molecule has 0 radical (unpaired) electrons. The second-order valence-corrected chi connectivity index (χ2v) is 6.39. The molecule has 1 unspecified atom stereocenters. The number of carbonyl (C=O) groups is 3. The third-order valence-corrected chi connectivity index (χ3v) is 4.25. The molecule has 0 spiro atoms. The summed E-state index contributed by atoms with van der Waals surface area (Å²) in [5.41, 5.74) is 0. The second-order valence-electron chi connectivity index (χ2n) is 6.39. The van der Waals surface area contributed by atoms with Crippen LogP contribution in [0.3, 0.4) is 0 Å². The van der Waals surface area contributed by atoms with Gasteiger partial charge < -0.3 is 15.5 Å². The summed E-state index contributed by atoms with van der Waals surface area (Å²) in [4.78, 5) is 36.2. The lowest BCUT2D eigenvalue weighted by atomic mass is 10.1. The van der Waals surface area contributed by atoms with E-state index in [1.54, 1.807) is 4.90 Å². The van der Waals surface area contributed by atoms with Gasteiger partial charge >= 0.3 is 0 Å². The predicted octanol–water partition coefficient (Wildman–Crippen LogP) is 1.61. The third-order valence-electron chi connectivity index (χ3n) is 4.25. The topological polar surface area (TPSA) is 78.5 Å².